The van der Waals surface area contributed by atoms with E-state index in [0.717, 1.165) is 41.7 Å². The van der Waals surface area contributed by atoms with Gasteiger partial charge in [0.1, 0.15) is 17.3 Å². The number of likely N-dealkylation sites (N-methyl/N-ethyl adjacent to an activating group) is 1. The first-order chi connectivity index (χ1) is 11.7. The zero-order valence-electron chi connectivity index (χ0n) is 13.4. The molecule has 5 rings (SSSR count). The normalized spacial score (nSPS) is 24.9. The Morgan fingerprint density at radius 1 is 1.08 bits per heavy atom. The molecule has 2 aromatic carbocycles. The molecule has 2 unspecified atom stereocenters. The summed E-state index contributed by atoms with van der Waals surface area (Å²) in [7, 11) is 2.21. The van der Waals surface area contributed by atoms with Gasteiger partial charge in [-0.25, -0.2) is 4.99 Å². The molecule has 2 saturated heterocycles. The Kier molecular flexibility index (Phi) is 3.12. The Bertz CT molecular complexity index is 848. The van der Waals surface area contributed by atoms with Crippen LogP contribution in [0.5, 0.6) is 11.5 Å². The topological polar surface area (TPSA) is 28.1 Å². The lowest BCUT2D eigenvalue weighted by Gasteiger charge is -2.34. The van der Waals surface area contributed by atoms with Gasteiger partial charge in [0.15, 0.2) is 5.75 Å². The minimum absolute atomic E-state index is 0.521. The molecular weight excluding hydrogens is 322 g/mol. The largest absolute Gasteiger partial charge is 0.454 e. The van der Waals surface area contributed by atoms with Gasteiger partial charge in [-0.05, 0) is 43.8 Å². The van der Waals surface area contributed by atoms with Crippen LogP contribution in [-0.2, 0) is 0 Å². The highest BCUT2D eigenvalue weighted by Gasteiger charge is 2.43. The van der Waals surface area contributed by atoms with E-state index in [1.165, 1.54) is 6.42 Å². The molecule has 2 fully saturated rings. The average Bonchev–Trinajstić information content (AvgIpc) is 3.10. The lowest BCUT2D eigenvalue weighted by Crippen LogP contribution is -2.47. The highest BCUT2D eigenvalue weighted by atomic mass is 35.5. The van der Waals surface area contributed by atoms with Gasteiger partial charge >= 0.3 is 0 Å². The number of para-hydroxylation sites is 1. The van der Waals surface area contributed by atoms with Gasteiger partial charge in [0.2, 0.25) is 0 Å². The third-order valence-electron chi connectivity index (χ3n) is 5.28. The van der Waals surface area contributed by atoms with Crippen LogP contribution in [0.1, 0.15) is 12.0 Å². The van der Waals surface area contributed by atoms with Crippen LogP contribution in [0.25, 0.3) is 0 Å². The predicted molar refractivity (Wildman–Crippen MR) is 95.7 cm³/mol. The van der Waals surface area contributed by atoms with Crippen molar-refractivity contribution in [2.24, 2.45) is 4.99 Å². The molecule has 122 valence electrons. The van der Waals surface area contributed by atoms with Gasteiger partial charge in [0.05, 0.1) is 5.56 Å². The zero-order chi connectivity index (χ0) is 16.3. The van der Waals surface area contributed by atoms with Crippen molar-refractivity contribution in [3.63, 3.8) is 0 Å². The number of halogens is 1. The molecule has 0 saturated carbocycles. The van der Waals surface area contributed by atoms with Gasteiger partial charge in [0.25, 0.3) is 0 Å². The zero-order valence-corrected chi connectivity index (χ0v) is 14.2. The molecule has 0 amide bonds. The number of ether oxygens (including phenoxy) is 1. The van der Waals surface area contributed by atoms with Gasteiger partial charge in [0, 0.05) is 30.2 Å². The first kappa shape index (κ1) is 14.3. The highest BCUT2D eigenvalue weighted by molar-refractivity contribution is 6.31. The number of aliphatic imine (C=N–C) groups is 1. The van der Waals surface area contributed by atoms with Crippen LogP contribution in [0.4, 0.5) is 5.69 Å². The Morgan fingerprint density at radius 3 is 2.75 bits per heavy atom. The minimum Gasteiger partial charge on any atom is -0.454 e. The number of fused-ring (bicyclic) bond motifs is 4. The van der Waals surface area contributed by atoms with E-state index in [0.29, 0.717) is 17.1 Å². The second kappa shape index (κ2) is 5.23. The summed E-state index contributed by atoms with van der Waals surface area (Å²) in [4.78, 5) is 9.88. The van der Waals surface area contributed by atoms with Gasteiger partial charge in [-0.3, -0.25) is 4.90 Å². The summed E-state index contributed by atoms with van der Waals surface area (Å²) < 4.78 is 6.14. The van der Waals surface area contributed by atoms with Gasteiger partial charge in [-0.1, -0.05) is 23.7 Å². The molecule has 0 spiro atoms. The van der Waals surface area contributed by atoms with Crippen LogP contribution in [0.3, 0.4) is 0 Å². The van der Waals surface area contributed by atoms with Gasteiger partial charge in [-0.2, -0.15) is 0 Å². The molecule has 24 heavy (non-hydrogen) atoms. The molecule has 2 aromatic rings. The van der Waals surface area contributed by atoms with E-state index in [9.17, 15) is 0 Å². The molecule has 0 radical (unpaired) electrons. The Morgan fingerprint density at radius 2 is 1.96 bits per heavy atom. The molecule has 0 aromatic heterocycles. The first-order valence-electron chi connectivity index (χ1n) is 8.31. The number of nitrogens with zero attached hydrogens (tertiary/aromatic N) is 3. The Balaban J connectivity index is 1.66. The van der Waals surface area contributed by atoms with Crippen LogP contribution in [0.15, 0.2) is 47.5 Å². The number of hydrogen-bond donors (Lipinski definition) is 0. The van der Waals surface area contributed by atoms with Gasteiger partial charge in [-0.15, -0.1) is 0 Å². The van der Waals surface area contributed by atoms with E-state index < -0.39 is 0 Å². The summed E-state index contributed by atoms with van der Waals surface area (Å²) in [5.74, 6) is 2.61. The molecule has 2 atom stereocenters. The Labute approximate surface area is 146 Å². The summed E-state index contributed by atoms with van der Waals surface area (Å²) in [6, 6.07) is 14.9. The first-order valence-corrected chi connectivity index (χ1v) is 8.69. The molecule has 3 heterocycles. The summed E-state index contributed by atoms with van der Waals surface area (Å²) in [5, 5.41) is 0.675. The fourth-order valence-electron chi connectivity index (χ4n) is 4.04. The van der Waals surface area contributed by atoms with Crippen molar-refractivity contribution in [3.8, 4) is 11.5 Å². The summed E-state index contributed by atoms with van der Waals surface area (Å²) in [6.07, 6.45) is 1.21. The number of amidine groups is 1. The summed E-state index contributed by atoms with van der Waals surface area (Å²) in [6.45, 7) is 2.11. The monoisotopic (exact) mass is 339 g/mol. The van der Waals surface area contributed by atoms with Crippen molar-refractivity contribution < 1.29 is 4.74 Å². The van der Waals surface area contributed by atoms with E-state index in [4.69, 9.17) is 21.3 Å². The fraction of sp³-hybridized carbons (Fsp3) is 0.316. The SMILES string of the molecule is CN1CC2CC1CN2C1=Nc2cc(Cl)ccc2Oc2ccccc21. The van der Waals surface area contributed by atoms with Crippen molar-refractivity contribution in [2.45, 2.75) is 18.5 Å². The summed E-state index contributed by atoms with van der Waals surface area (Å²) in [5.41, 5.74) is 1.85. The minimum atomic E-state index is 0.521. The lowest BCUT2D eigenvalue weighted by molar-refractivity contribution is 0.210. The van der Waals surface area contributed by atoms with E-state index in [1.807, 2.05) is 36.4 Å². The highest BCUT2D eigenvalue weighted by Crippen LogP contribution is 2.41. The van der Waals surface area contributed by atoms with E-state index in [-0.39, 0.29) is 0 Å². The van der Waals surface area contributed by atoms with Crippen LogP contribution < -0.4 is 4.74 Å². The van der Waals surface area contributed by atoms with Crippen molar-refractivity contribution in [1.82, 2.24) is 9.80 Å². The number of rotatable bonds is 0. The fourth-order valence-corrected chi connectivity index (χ4v) is 4.21. The maximum Gasteiger partial charge on any atom is 0.153 e. The molecular formula is C19H18ClN3O. The van der Waals surface area contributed by atoms with E-state index in [2.05, 4.69) is 22.9 Å². The second-order valence-electron chi connectivity index (χ2n) is 6.78. The number of hydrogen-bond acceptors (Lipinski definition) is 4. The quantitative estimate of drug-likeness (QED) is 0.728. The molecule has 3 aliphatic rings. The molecule has 2 bridgehead atoms. The maximum absolute atomic E-state index is 6.19. The van der Waals surface area contributed by atoms with Gasteiger partial charge < -0.3 is 9.64 Å². The van der Waals surface area contributed by atoms with Crippen LogP contribution in [0.2, 0.25) is 5.02 Å². The van der Waals surface area contributed by atoms with Crippen LogP contribution >= 0.6 is 11.6 Å². The van der Waals surface area contributed by atoms with Crippen molar-refractivity contribution in [3.05, 3.63) is 53.1 Å². The summed E-state index contributed by atoms with van der Waals surface area (Å²) >= 11 is 6.19. The predicted octanol–water partition coefficient (Wildman–Crippen LogP) is 3.91. The number of benzene rings is 2. The second-order valence-corrected chi connectivity index (χ2v) is 7.22. The van der Waals surface area contributed by atoms with E-state index in [1.54, 1.807) is 0 Å². The third-order valence-corrected chi connectivity index (χ3v) is 5.52. The third kappa shape index (κ3) is 2.14. The molecule has 3 aliphatic heterocycles. The maximum atomic E-state index is 6.19. The molecule has 5 heteroatoms. The van der Waals surface area contributed by atoms with E-state index >= 15 is 0 Å². The van der Waals surface area contributed by atoms with Crippen LogP contribution in [-0.4, -0.2) is 47.9 Å². The molecule has 4 nitrogen and oxygen atoms in total. The number of piperazine rings is 1. The van der Waals surface area contributed by atoms with Crippen LogP contribution in [0, 0.1) is 0 Å². The Hall–Kier alpha value is -2.04. The molecule has 0 aliphatic carbocycles. The van der Waals surface area contributed by atoms with Crippen molar-refractivity contribution in [1.29, 1.82) is 0 Å². The van der Waals surface area contributed by atoms with Crippen molar-refractivity contribution in [2.75, 3.05) is 20.1 Å². The molecule has 0 N–H and O–H groups in total. The smallest absolute Gasteiger partial charge is 0.153 e. The average molecular weight is 340 g/mol. The number of likely N-dealkylation sites (tertiary alicyclic amines) is 2. The standard InChI is InChI=1S/C19H18ClN3O/c1-22-10-14-9-13(22)11-23(14)19-15-4-2-3-5-17(15)24-18-7-6-12(20)8-16(18)21-19/h2-8,13-14H,9-11H2,1H3. The lowest BCUT2D eigenvalue weighted by atomic mass is 10.1. The van der Waals surface area contributed by atoms with Crippen molar-refractivity contribution >= 4 is 23.1 Å².